The summed E-state index contributed by atoms with van der Waals surface area (Å²) in [6.07, 6.45) is 8.84. The van der Waals surface area contributed by atoms with Gasteiger partial charge >= 0.3 is 0 Å². The van der Waals surface area contributed by atoms with E-state index in [0.29, 0.717) is 18.9 Å². The summed E-state index contributed by atoms with van der Waals surface area (Å²) in [5, 5.41) is 5.96. The number of aromatic nitrogens is 3. The highest BCUT2D eigenvalue weighted by Crippen LogP contribution is 2.12. The quantitative estimate of drug-likeness (QED) is 0.838. The third kappa shape index (κ3) is 4.46. The molecule has 0 spiro atoms. The van der Waals surface area contributed by atoms with Crippen molar-refractivity contribution in [1.29, 1.82) is 0 Å². The lowest BCUT2D eigenvalue weighted by atomic mass is 10.2. The number of anilines is 1. The van der Waals surface area contributed by atoms with Crippen LogP contribution in [0.1, 0.15) is 28.9 Å². The molecule has 1 saturated heterocycles. The number of nitrogens with zero attached hydrogens (tertiary/aromatic N) is 3. The van der Waals surface area contributed by atoms with E-state index in [1.165, 1.54) is 6.20 Å². The number of pyridine rings is 1. The molecule has 7 nitrogen and oxygen atoms in total. The van der Waals surface area contributed by atoms with Gasteiger partial charge in [0.1, 0.15) is 11.5 Å². The minimum absolute atomic E-state index is 0.235. The molecular weight excluding hydrogens is 294 g/mol. The molecule has 1 amide bonds. The maximum atomic E-state index is 12.0. The largest absolute Gasteiger partial charge is 0.376 e. The molecule has 0 bridgehead atoms. The Kier molecular flexibility index (Phi) is 5.10. The Bertz CT molecular complexity index is 627. The van der Waals surface area contributed by atoms with Gasteiger partial charge in [0.05, 0.1) is 18.5 Å². The van der Waals surface area contributed by atoms with E-state index in [1.807, 2.05) is 12.1 Å². The monoisotopic (exact) mass is 313 g/mol. The third-order valence-corrected chi connectivity index (χ3v) is 3.60. The lowest BCUT2D eigenvalue weighted by molar-refractivity contribution is 0.0945. The fourth-order valence-electron chi connectivity index (χ4n) is 2.34. The molecule has 3 heterocycles. The summed E-state index contributed by atoms with van der Waals surface area (Å²) < 4.78 is 5.53. The Labute approximate surface area is 134 Å². The van der Waals surface area contributed by atoms with E-state index < -0.39 is 0 Å². The molecule has 2 aromatic rings. The molecular formula is C16H19N5O2. The number of rotatable bonds is 6. The Morgan fingerprint density at radius 2 is 2.26 bits per heavy atom. The van der Waals surface area contributed by atoms with Gasteiger partial charge in [0.25, 0.3) is 5.91 Å². The first-order chi connectivity index (χ1) is 11.3. The van der Waals surface area contributed by atoms with Crippen molar-refractivity contribution in [3.8, 4) is 0 Å². The molecule has 120 valence electrons. The van der Waals surface area contributed by atoms with Gasteiger partial charge in [-0.2, -0.15) is 0 Å². The molecule has 1 aliphatic heterocycles. The van der Waals surface area contributed by atoms with Crippen LogP contribution in [-0.4, -0.2) is 40.1 Å². The van der Waals surface area contributed by atoms with Crippen LogP contribution in [0.25, 0.3) is 0 Å². The van der Waals surface area contributed by atoms with E-state index in [0.717, 1.165) is 25.0 Å². The summed E-state index contributed by atoms with van der Waals surface area (Å²) in [7, 11) is 0. The summed E-state index contributed by atoms with van der Waals surface area (Å²) >= 11 is 0. The number of carbonyl (C=O) groups excluding carboxylic acids is 1. The van der Waals surface area contributed by atoms with Crippen molar-refractivity contribution < 1.29 is 9.53 Å². The number of hydrogen-bond acceptors (Lipinski definition) is 6. The smallest absolute Gasteiger partial charge is 0.271 e. The maximum absolute atomic E-state index is 12.0. The molecule has 1 fully saturated rings. The van der Waals surface area contributed by atoms with Crippen molar-refractivity contribution in [1.82, 2.24) is 20.3 Å². The zero-order valence-electron chi connectivity index (χ0n) is 12.7. The van der Waals surface area contributed by atoms with E-state index in [-0.39, 0.29) is 17.7 Å². The van der Waals surface area contributed by atoms with Crippen LogP contribution in [-0.2, 0) is 11.3 Å². The number of amides is 1. The summed E-state index contributed by atoms with van der Waals surface area (Å²) in [6.45, 7) is 1.95. The van der Waals surface area contributed by atoms with Gasteiger partial charge in [0, 0.05) is 32.1 Å². The fourth-order valence-corrected chi connectivity index (χ4v) is 2.34. The molecule has 0 saturated carbocycles. The molecule has 7 heteroatoms. The molecule has 2 N–H and O–H groups in total. The second-order valence-electron chi connectivity index (χ2n) is 5.35. The highest BCUT2D eigenvalue weighted by Gasteiger charge is 2.15. The number of ether oxygens (including phenoxy) is 1. The van der Waals surface area contributed by atoms with Crippen molar-refractivity contribution in [2.75, 3.05) is 18.5 Å². The summed E-state index contributed by atoms with van der Waals surface area (Å²) in [6, 6.07) is 3.73. The van der Waals surface area contributed by atoms with Gasteiger partial charge in [-0.3, -0.25) is 9.78 Å². The minimum Gasteiger partial charge on any atom is -0.376 e. The van der Waals surface area contributed by atoms with Crippen LogP contribution in [0.5, 0.6) is 0 Å². The molecule has 0 aliphatic carbocycles. The van der Waals surface area contributed by atoms with Crippen LogP contribution in [0.2, 0.25) is 0 Å². The summed E-state index contributed by atoms with van der Waals surface area (Å²) in [5.41, 5.74) is 1.22. The Balaban J connectivity index is 1.48. The lowest BCUT2D eigenvalue weighted by Gasteiger charge is -2.11. The SMILES string of the molecule is O=C(NCc1cccnc1)c1cnc(NCC2CCCO2)cn1. The van der Waals surface area contributed by atoms with E-state index in [4.69, 9.17) is 4.74 Å². The molecule has 3 rings (SSSR count). The predicted molar refractivity (Wildman–Crippen MR) is 84.9 cm³/mol. The zero-order chi connectivity index (χ0) is 15.9. The fraction of sp³-hybridized carbons (Fsp3) is 0.375. The van der Waals surface area contributed by atoms with Crippen molar-refractivity contribution in [2.45, 2.75) is 25.5 Å². The highest BCUT2D eigenvalue weighted by atomic mass is 16.5. The van der Waals surface area contributed by atoms with Gasteiger partial charge < -0.3 is 15.4 Å². The maximum Gasteiger partial charge on any atom is 0.271 e. The number of hydrogen-bond donors (Lipinski definition) is 2. The van der Waals surface area contributed by atoms with Crippen LogP contribution < -0.4 is 10.6 Å². The first-order valence-electron chi connectivity index (χ1n) is 7.66. The molecule has 23 heavy (non-hydrogen) atoms. The molecule has 1 aliphatic rings. The zero-order valence-corrected chi connectivity index (χ0v) is 12.7. The van der Waals surface area contributed by atoms with Gasteiger partial charge in [0.15, 0.2) is 0 Å². The summed E-state index contributed by atoms with van der Waals surface area (Å²) in [4.78, 5) is 24.4. The van der Waals surface area contributed by atoms with E-state index in [2.05, 4.69) is 25.6 Å². The molecule has 0 radical (unpaired) electrons. The topological polar surface area (TPSA) is 89.0 Å². The minimum atomic E-state index is -0.257. The van der Waals surface area contributed by atoms with Crippen molar-refractivity contribution in [3.63, 3.8) is 0 Å². The van der Waals surface area contributed by atoms with Crippen LogP contribution in [0, 0.1) is 0 Å². The van der Waals surface area contributed by atoms with Gasteiger partial charge in [-0.25, -0.2) is 9.97 Å². The van der Waals surface area contributed by atoms with E-state index >= 15 is 0 Å². The molecule has 0 aromatic carbocycles. The third-order valence-electron chi connectivity index (χ3n) is 3.60. The van der Waals surface area contributed by atoms with E-state index in [1.54, 1.807) is 18.6 Å². The Morgan fingerprint density at radius 3 is 2.96 bits per heavy atom. The Morgan fingerprint density at radius 1 is 1.30 bits per heavy atom. The first kappa shape index (κ1) is 15.4. The average molecular weight is 313 g/mol. The van der Waals surface area contributed by atoms with Gasteiger partial charge in [0.2, 0.25) is 0 Å². The molecule has 1 unspecified atom stereocenters. The van der Waals surface area contributed by atoms with E-state index in [9.17, 15) is 4.79 Å². The van der Waals surface area contributed by atoms with Gasteiger partial charge in [-0.05, 0) is 24.5 Å². The average Bonchev–Trinajstić information content (AvgIpc) is 3.13. The highest BCUT2D eigenvalue weighted by molar-refractivity contribution is 5.91. The van der Waals surface area contributed by atoms with Crippen LogP contribution in [0.15, 0.2) is 36.9 Å². The normalized spacial score (nSPS) is 17.0. The van der Waals surface area contributed by atoms with Gasteiger partial charge in [-0.1, -0.05) is 6.07 Å². The second-order valence-corrected chi connectivity index (χ2v) is 5.35. The second kappa shape index (κ2) is 7.64. The van der Waals surface area contributed by atoms with Crippen molar-refractivity contribution in [2.24, 2.45) is 0 Å². The van der Waals surface area contributed by atoms with Crippen molar-refractivity contribution in [3.05, 3.63) is 48.2 Å². The van der Waals surface area contributed by atoms with Crippen LogP contribution >= 0.6 is 0 Å². The summed E-state index contributed by atoms with van der Waals surface area (Å²) in [5.74, 6) is 0.385. The Hall–Kier alpha value is -2.54. The van der Waals surface area contributed by atoms with Crippen molar-refractivity contribution >= 4 is 11.7 Å². The number of carbonyl (C=O) groups is 1. The lowest BCUT2D eigenvalue weighted by Crippen LogP contribution is -2.24. The van der Waals surface area contributed by atoms with Gasteiger partial charge in [-0.15, -0.1) is 0 Å². The van der Waals surface area contributed by atoms with Crippen LogP contribution in [0.4, 0.5) is 5.82 Å². The van der Waals surface area contributed by atoms with Crippen LogP contribution in [0.3, 0.4) is 0 Å². The standard InChI is InChI=1S/C16H19N5O2/c22-16(21-8-12-3-1-5-17-7-12)14-10-20-15(11-18-14)19-9-13-4-2-6-23-13/h1,3,5,7,10-11,13H,2,4,6,8-9H2,(H,19,20)(H,21,22). The number of nitrogens with one attached hydrogen (secondary N) is 2. The molecule has 2 aromatic heterocycles. The molecule has 1 atom stereocenters. The predicted octanol–water partition coefficient (Wildman–Crippen LogP) is 1.39. The first-order valence-corrected chi connectivity index (χ1v) is 7.66.